The Morgan fingerprint density at radius 1 is 1.26 bits per heavy atom. The fourth-order valence-corrected chi connectivity index (χ4v) is 2.89. The number of hydrogen-bond donors (Lipinski definition) is 2. The lowest BCUT2D eigenvalue weighted by molar-refractivity contribution is 0.0927. The number of aryl methyl sites for hydroxylation is 1. The summed E-state index contributed by atoms with van der Waals surface area (Å²) in [4.78, 5) is 12.3. The van der Waals surface area contributed by atoms with Gasteiger partial charge in [-0.05, 0) is 55.4 Å². The first-order chi connectivity index (χ1) is 9.02. The van der Waals surface area contributed by atoms with Crippen molar-refractivity contribution in [2.24, 2.45) is 11.8 Å². The van der Waals surface area contributed by atoms with Crippen molar-refractivity contribution in [2.75, 3.05) is 12.4 Å². The number of anilines is 1. The van der Waals surface area contributed by atoms with Gasteiger partial charge in [0.15, 0.2) is 0 Å². The SMILES string of the molecule is CNc1ccc(C(=O)NC2CCC(C)C2C)c(C)c1. The zero-order valence-corrected chi connectivity index (χ0v) is 12.3. The van der Waals surface area contributed by atoms with Crippen LogP contribution in [0.2, 0.25) is 0 Å². The summed E-state index contributed by atoms with van der Waals surface area (Å²) in [5.74, 6) is 1.34. The molecule has 2 N–H and O–H groups in total. The maximum Gasteiger partial charge on any atom is 0.251 e. The van der Waals surface area contributed by atoms with Crippen molar-refractivity contribution in [3.05, 3.63) is 29.3 Å². The highest BCUT2D eigenvalue weighted by Gasteiger charge is 2.31. The summed E-state index contributed by atoms with van der Waals surface area (Å²) in [6, 6.07) is 6.18. The van der Waals surface area contributed by atoms with E-state index in [0.717, 1.165) is 23.2 Å². The van der Waals surface area contributed by atoms with Crippen molar-refractivity contribution in [2.45, 2.75) is 39.7 Å². The number of nitrogens with one attached hydrogen (secondary N) is 2. The summed E-state index contributed by atoms with van der Waals surface area (Å²) in [6.07, 6.45) is 2.31. The molecule has 0 aliphatic heterocycles. The van der Waals surface area contributed by atoms with Gasteiger partial charge in [0, 0.05) is 24.3 Å². The van der Waals surface area contributed by atoms with Crippen molar-refractivity contribution in [3.8, 4) is 0 Å². The van der Waals surface area contributed by atoms with Gasteiger partial charge in [0.05, 0.1) is 0 Å². The Labute approximate surface area is 115 Å². The normalized spacial score (nSPS) is 26.2. The van der Waals surface area contributed by atoms with Crippen molar-refractivity contribution in [3.63, 3.8) is 0 Å². The fraction of sp³-hybridized carbons (Fsp3) is 0.562. The first kappa shape index (κ1) is 13.9. The van der Waals surface area contributed by atoms with Gasteiger partial charge in [-0.1, -0.05) is 13.8 Å². The number of carbonyl (C=O) groups is 1. The van der Waals surface area contributed by atoms with Crippen LogP contribution in [-0.4, -0.2) is 19.0 Å². The Bertz CT molecular complexity index is 470. The summed E-state index contributed by atoms with van der Waals surface area (Å²) in [6.45, 7) is 6.49. The van der Waals surface area contributed by atoms with Gasteiger partial charge in [-0.3, -0.25) is 4.79 Å². The van der Waals surface area contributed by atoms with Gasteiger partial charge in [0.1, 0.15) is 0 Å². The highest BCUT2D eigenvalue weighted by molar-refractivity contribution is 5.96. The number of benzene rings is 1. The molecule has 0 bridgehead atoms. The monoisotopic (exact) mass is 260 g/mol. The van der Waals surface area contributed by atoms with Crippen molar-refractivity contribution in [1.82, 2.24) is 5.32 Å². The zero-order chi connectivity index (χ0) is 14.0. The molecule has 1 aliphatic rings. The zero-order valence-electron chi connectivity index (χ0n) is 12.3. The van der Waals surface area contributed by atoms with Crippen molar-refractivity contribution in [1.29, 1.82) is 0 Å². The van der Waals surface area contributed by atoms with Crippen LogP contribution in [0.25, 0.3) is 0 Å². The van der Waals surface area contributed by atoms with Crippen LogP contribution in [0, 0.1) is 18.8 Å². The summed E-state index contributed by atoms with van der Waals surface area (Å²) >= 11 is 0. The summed E-state index contributed by atoms with van der Waals surface area (Å²) < 4.78 is 0. The molecule has 3 atom stereocenters. The second-order valence-electron chi connectivity index (χ2n) is 5.77. The molecule has 1 aromatic rings. The van der Waals surface area contributed by atoms with Crippen LogP contribution in [0.5, 0.6) is 0 Å². The smallest absolute Gasteiger partial charge is 0.251 e. The molecule has 0 spiro atoms. The molecule has 3 unspecified atom stereocenters. The van der Waals surface area contributed by atoms with E-state index in [4.69, 9.17) is 0 Å². The molecule has 1 fully saturated rings. The summed E-state index contributed by atoms with van der Waals surface area (Å²) in [5, 5.41) is 6.28. The minimum atomic E-state index is 0.0612. The Balaban J connectivity index is 2.08. The van der Waals surface area contributed by atoms with E-state index in [-0.39, 0.29) is 5.91 Å². The van der Waals surface area contributed by atoms with Crippen molar-refractivity contribution < 1.29 is 4.79 Å². The van der Waals surface area contributed by atoms with E-state index >= 15 is 0 Å². The Hall–Kier alpha value is -1.51. The Morgan fingerprint density at radius 3 is 2.53 bits per heavy atom. The predicted molar refractivity (Wildman–Crippen MR) is 79.5 cm³/mol. The topological polar surface area (TPSA) is 41.1 Å². The second kappa shape index (κ2) is 5.64. The molecule has 0 radical (unpaired) electrons. The maximum absolute atomic E-state index is 12.3. The van der Waals surface area contributed by atoms with Crippen LogP contribution < -0.4 is 10.6 Å². The first-order valence-corrected chi connectivity index (χ1v) is 7.12. The highest BCUT2D eigenvalue weighted by Crippen LogP contribution is 2.31. The summed E-state index contributed by atoms with van der Waals surface area (Å²) in [5.41, 5.74) is 2.84. The van der Waals surface area contributed by atoms with Crippen LogP contribution in [0.3, 0.4) is 0 Å². The van der Waals surface area contributed by atoms with Gasteiger partial charge in [-0.25, -0.2) is 0 Å². The number of rotatable bonds is 3. The number of hydrogen-bond acceptors (Lipinski definition) is 2. The van der Waals surface area contributed by atoms with Gasteiger partial charge < -0.3 is 10.6 Å². The number of amides is 1. The van der Waals surface area contributed by atoms with Crippen molar-refractivity contribution >= 4 is 11.6 Å². The standard InChI is InChI=1S/C16H24N2O/c1-10-5-8-15(12(10)3)18-16(19)14-7-6-13(17-4)9-11(14)2/h6-7,9-10,12,15,17H,5,8H2,1-4H3,(H,18,19). The molecule has 104 valence electrons. The molecular weight excluding hydrogens is 236 g/mol. The highest BCUT2D eigenvalue weighted by atomic mass is 16.1. The molecule has 3 heteroatoms. The third kappa shape index (κ3) is 2.91. The minimum absolute atomic E-state index is 0.0612. The van der Waals surface area contributed by atoms with E-state index in [0.29, 0.717) is 17.9 Å². The molecule has 3 nitrogen and oxygen atoms in total. The van der Waals surface area contributed by atoms with Crippen LogP contribution in [0.4, 0.5) is 5.69 Å². The van der Waals surface area contributed by atoms with E-state index in [9.17, 15) is 4.79 Å². The van der Waals surface area contributed by atoms with E-state index < -0.39 is 0 Å². The average molecular weight is 260 g/mol. The third-order valence-corrected chi connectivity index (χ3v) is 4.54. The molecule has 2 rings (SSSR count). The molecule has 1 aromatic carbocycles. The van der Waals surface area contributed by atoms with Crippen LogP contribution >= 0.6 is 0 Å². The molecule has 1 aliphatic carbocycles. The van der Waals surface area contributed by atoms with Crippen LogP contribution in [0.15, 0.2) is 18.2 Å². The lowest BCUT2D eigenvalue weighted by atomic mass is 9.97. The fourth-order valence-electron chi connectivity index (χ4n) is 2.89. The molecular formula is C16H24N2O. The molecule has 0 saturated heterocycles. The third-order valence-electron chi connectivity index (χ3n) is 4.54. The van der Waals surface area contributed by atoms with Gasteiger partial charge >= 0.3 is 0 Å². The molecule has 0 heterocycles. The maximum atomic E-state index is 12.3. The van der Waals surface area contributed by atoms with Crippen LogP contribution in [-0.2, 0) is 0 Å². The van der Waals surface area contributed by atoms with Gasteiger partial charge in [-0.2, -0.15) is 0 Å². The molecule has 1 amide bonds. The predicted octanol–water partition coefficient (Wildman–Crippen LogP) is 3.20. The molecule has 19 heavy (non-hydrogen) atoms. The van der Waals surface area contributed by atoms with E-state index in [1.165, 1.54) is 6.42 Å². The molecule has 0 aromatic heterocycles. The van der Waals surface area contributed by atoms with E-state index in [2.05, 4.69) is 24.5 Å². The average Bonchev–Trinajstić information content (AvgIpc) is 2.70. The summed E-state index contributed by atoms with van der Waals surface area (Å²) in [7, 11) is 1.89. The second-order valence-corrected chi connectivity index (χ2v) is 5.77. The molecule has 1 saturated carbocycles. The Kier molecular flexibility index (Phi) is 4.13. The first-order valence-electron chi connectivity index (χ1n) is 7.12. The van der Waals surface area contributed by atoms with E-state index in [1.807, 2.05) is 32.2 Å². The largest absolute Gasteiger partial charge is 0.388 e. The van der Waals surface area contributed by atoms with Gasteiger partial charge in [-0.15, -0.1) is 0 Å². The number of carbonyl (C=O) groups excluding carboxylic acids is 1. The Morgan fingerprint density at radius 2 is 2.00 bits per heavy atom. The van der Waals surface area contributed by atoms with Gasteiger partial charge in [0.2, 0.25) is 0 Å². The lowest BCUT2D eigenvalue weighted by Crippen LogP contribution is -2.37. The minimum Gasteiger partial charge on any atom is -0.388 e. The quantitative estimate of drug-likeness (QED) is 0.876. The van der Waals surface area contributed by atoms with E-state index in [1.54, 1.807) is 0 Å². The van der Waals surface area contributed by atoms with Crippen LogP contribution in [0.1, 0.15) is 42.6 Å². The lowest BCUT2D eigenvalue weighted by Gasteiger charge is -2.20. The van der Waals surface area contributed by atoms with Gasteiger partial charge in [0.25, 0.3) is 5.91 Å².